The maximum absolute atomic E-state index is 11.8. The quantitative estimate of drug-likeness (QED) is 0.706. The first kappa shape index (κ1) is 14.7. The van der Waals surface area contributed by atoms with Crippen LogP contribution in [0.2, 0.25) is 0 Å². The molecule has 3 N–H and O–H groups in total. The summed E-state index contributed by atoms with van der Waals surface area (Å²) in [4.78, 5) is 22.9. The van der Waals surface area contributed by atoms with Crippen LogP contribution in [0.25, 0.3) is 0 Å². The molecule has 0 heterocycles. The number of anilines is 1. The molecule has 2 amide bonds. The van der Waals surface area contributed by atoms with E-state index in [2.05, 4.69) is 16.0 Å². The van der Waals surface area contributed by atoms with E-state index in [1.54, 1.807) is 31.2 Å². The lowest BCUT2D eigenvalue weighted by molar-refractivity contribution is -0.120. The maximum atomic E-state index is 11.8. The van der Waals surface area contributed by atoms with Crippen molar-refractivity contribution < 1.29 is 9.59 Å². The van der Waals surface area contributed by atoms with Crippen molar-refractivity contribution in [3.63, 3.8) is 0 Å². The molecule has 0 aromatic heterocycles. The van der Waals surface area contributed by atoms with Gasteiger partial charge in [-0.15, -0.1) is 0 Å². The summed E-state index contributed by atoms with van der Waals surface area (Å²) in [7, 11) is 1.53. The molecule has 19 heavy (non-hydrogen) atoms. The van der Waals surface area contributed by atoms with E-state index in [1.807, 2.05) is 6.07 Å². The molecule has 0 aliphatic rings. The second-order valence-corrected chi connectivity index (χ2v) is 3.96. The van der Waals surface area contributed by atoms with Gasteiger partial charge in [0.05, 0.1) is 24.2 Å². The summed E-state index contributed by atoms with van der Waals surface area (Å²) in [6, 6.07) is 8.12. The lowest BCUT2D eigenvalue weighted by Gasteiger charge is -2.13. The molecule has 0 radical (unpaired) electrons. The highest BCUT2D eigenvalue weighted by molar-refractivity contribution is 5.95. The van der Waals surface area contributed by atoms with Crippen molar-refractivity contribution in [1.29, 1.82) is 5.26 Å². The minimum atomic E-state index is -0.511. The first-order valence-electron chi connectivity index (χ1n) is 5.82. The summed E-state index contributed by atoms with van der Waals surface area (Å²) >= 11 is 0. The molecule has 0 saturated carbocycles. The molecule has 0 fully saturated rings. The van der Waals surface area contributed by atoms with Gasteiger partial charge in [0.2, 0.25) is 11.8 Å². The molecule has 0 bridgehead atoms. The molecular formula is C13H16N4O2. The number of nitrogens with one attached hydrogen (secondary N) is 3. The molecule has 0 aliphatic carbocycles. The van der Waals surface area contributed by atoms with Gasteiger partial charge in [-0.2, -0.15) is 5.26 Å². The fourth-order valence-electron chi connectivity index (χ4n) is 1.34. The van der Waals surface area contributed by atoms with E-state index in [1.165, 1.54) is 7.05 Å². The Morgan fingerprint density at radius 2 is 2.16 bits per heavy atom. The molecule has 0 saturated heterocycles. The van der Waals surface area contributed by atoms with Gasteiger partial charge in [0, 0.05) is 12.7 Å². The molecule has 0 spiro atoms. The van der Waals surface area contributed by atoms with E-state index in [0.29, 0.717) is 11.3 Å². The number of nitriles is 1. The summed E-state index contributed by atoms with van der Waals surface area (Å²) in [5.74, 6) is -0.454. The summed E-state index contributed by atoms with van der Waals surface area (Å²) in [6.07, 6.45) is 0. The molecule has 1 aromatic carbocycles. The molecule has 1 atom stereocenters. The Kier molecular flexibility index (Phi) is 5.51. The zero-order chi connectivity index (χ0) is 14.3. The van der Waals surface area contributed by atoms with Gasteiger partial charge in [-0.05, 0) is 25.1 Å². The van der Waals surface area contributed by atoms with Crippen molar-refractivity contribution in [2.45, 2.75) is 13.0 Å². The molecule has 1 rings (SSSR count). The van der Waals surface area contributed by atoms with Crippen molar-refractivity contribution in [3.05, 3.63) is 29.8 Å². The van der Waals surface area contributed by atoms with Crippen LogP contribution in [0.3, 0.4) is 0 Å². The van der Waals surface area contributed by atoms with E-state index in [-0.39, 0.29) is 18.4 Å². The standard InChI is InChI=1S/C13H16N4O2/c1-9(16-8-12(18)15-2)13(19)17-11-5-3-4-10(6-11)7-14/h3-6,9,16H,8H2,1-2H3,(H,15,18)(H,17,19)/t9-/m1/s1. The number of carbonyl (C=O) groups is 2. The normalized spacial score (nSPS) is 11.2. The predicted molar refractivity (Wildman–Crippen MR) is 71.3 cm³/mol. The van der Waals surface area contributed by atoms with Gasteiger partial charge in [-0.3, -0.25) is 14.9 Å². The van der Waals surface area contributed by atoms with E-state index >= 15 is 0 Å². The maximum Gasteiger partial charge on any atom is 0.241 e. The number of hydrogen-bond acceptors (Lipinski definition) is 4. The highest BCUT2D eigenvalue weighted by Gasteiger charge is 2.13. The largest absolute Gasteiger partial charge is 0.358 e. The second kappa shape index (κ2) is 7.13. The molecule has 1 aromatic rings. The van der Waals surface area contributed by atoms with Crippen LogP contribution in [0, 0.1) is 11.3 Å². The van der Waals surface area contributed by atoms with Gasteiger partial charge in [-0.1, -0.05) is 6.07 Å². The zero-order valence-electron chi connectivity index (χ0n) is 10.9. The Balaban J connectivity index is 2.54. The lowest BCUT2D eigenvalue weighted by atomic mass is 10.2. The topological polar surface area (TPSA) is 94.0 Å². The zero-order valence-corrected chi connectivity index (χ0v) is 10.9. The van der Waals surface area contributed by atoms with Gasteiger partial charge < -0.3 is 10.6 Å². The van der Waals surface area contributed by atoms with E-state index < -0.39 is 6.04 Å². The summed E-state index contributed by atoms with van der Waals surface area (Å²) in [5.41, 5.74) is 1.03. The first-order chi connectivity index (χ1) is 9.06. The number of benzene rings is 1. The highest BCUT2D eigenvalue weighted by atomic mass is 16.2. The smallest absolute Gasteiger partial charge is 0.241 e. The number of amides is 2. The van der Waals surface area contributed by atoms with Crippen molar-refractivity contribution in [2.75, 3.05) is 18.9 Å². The third-order valence-corrected chi connectivity index (χ3v) is 2.50. The third kappa shape index (κ3) is 4.77. The van der Waals surface area contributed by atoms with E-state index in [9.17, 15) is 9.59 Å². The van der Waals surface area contributed by atoms with Crippen LogP contribution in [0.1, 0.15) is 12.5 Å². The molecule has 6 nitrogen and oxygen atoms in total. The molecule has 0 unspecified atom stereocenters. The van der Waals surface area contributed by atoms with E-state index in [0.717, 1.165) is 0 Å². The molecule has 0 aliphatic heterocycles. The fraction of sp³-hybridized carbons (Fsp3) is 0.308. The Morgan fingerprint density at radius 1 is 1.42 bits per heavy atom. The highest BCUT2D eigenvalue weighted by Crippen LogP contribution is 2.09. The Morgan fingerprint density at radius 3 is 2.79 bits per heavy atom. The van der Waals surface area contributed by atoms with Gasteiger partial charge >= 0.3 is 0 Å². The van der Waals surface area contributed by atoms with Crippen LogP contribution in [0.4, 0.5) is 5.69 Å². The monoisotopic (exact) mass is 260 g/mol. The molecule has 6 heteroatoms. The average Bonchev–Trinajstić information content (AvgIpc) is 2.44. The van der Waals surface area contributed by atoms with Gasteiger partial charge in [0.1, 0.15) is 0 Å². The van der Waals surface area contributed by atoms with Crippen LogP contribution in [-0.2, 0) is 9.59 Å². The second-order valence-electron chi connectivity index (χ2n) is 3.96. The van der Waals surface area contributed by atoms with Crippen LogP contribution in [-0.4, -0.2) is 31.4 Å². The minimum Gasteiger partial charge on any atom is -0.358 e. The van der Waals surface area contributed by atoms with Gasteiger partial charge in [0.25, 0.3) is 0 Å². The molecule has 100 valence electrons. The Bertz CT molecular complexity index is 508. The number of hydrogen-bond donors (Lipinski definition) is 3. The predicted octanol–water partition coefficient (Wildman–Crippen LogP) is 0.221. The van der Waals surface area contributed by atoms with Crippen LogP contribution >= 0.6 is 0 Å². The third-order valence-electron chi connectivity index (χ3n) is 2.50. The fourth-order valence-corrected chi connectivity index (χ4v) is 1.34. The lowest BCUT2D eigenvalue weighted by Crippen LogP contribution is -2.42. The van der Waals surface area contributed by atoms with Crippen LogP contribution in [0.5, 0.6) is 0 Å². The number of nitrogens with zero attached hydrogens (tertiary/aromatic N) is 1. The minimum absolute atomic E-state index is 0.0727. The number of carbonyl (C=O) groups excluding carboxylic acids is 2. The molecular weight excluding hydrogens is 244 g/mol. The Hall–Kier alpha value is -2.39. The summed E-state index contributed by atoms with van der Waals surface area (Å²) < 4.78 is 0. The number of rotatable bonds is 5. The van der Waals surface area contributed by atoms with Crippen molar-refractivity contribution in [3.8, 4) is 6.07 Å². The van der Waals surface area contributed by atoms with E-state index in [4.69, 9.17) is 5.26 Å². The average molecular weight is 260 g/mol. The van der Waals surface area contributed by atoms with Crippen molar-refractivity contribution >= 4 is 17.5 Å². The Labute approximate surface area is 111 Å². The number of likely N-dealkylation sites (N-methyl/N-ethyl adjacent to an activating group) is 1. The summed E-state index contributed by atoms with van der Waals surface area (Å²) in [6.45, 7) is 1.73. The summed E-state index contributed by atoms with van der Waals surface area (Å²) in [5, 5.41) is 16.7. The van der Waals surface area contributed by atoms with Gasteiger partial charge in [0.15, 0.2) is 0 Å². The van der Waals surface area contributed by atoms with Crippen molar-refractivity contribution in [1.82, 2.24) is 10.6 Å². The first-order valence-corrected chi connectivity index (χ1v) is 5.82. The van der Waals surface area contributed by atoms with Gasteiger partial charge in [-0.25, -0.2) is 0 Å². The van der Waals surface area contributed by atoms with Crippen LogP contribution < -0.4 is 16.0 Å². The van der Waals surface area contributed by atoms with Crippen molar-refractivity contribution in [2.24, 2.45) is 0 Å². The van der Waals surface area contributed by atoms with Crippen LogP contribution in [0.15, 0.2) is 24.3 Å². The SMILES string of the molecule is CNC(=O)CN[C@H](C)C(=O)Nc1cccc(C#N)c1.